The van der Waals surface area contributed by atoms with Crippen molar-refractivity contribution >= 4 is 0 Å². The molecule has 1 atom stereocenters. The SMILES string of the molecule is Cc1ccccc1COc1cccc([C@@H](C)O)c1. The normalized spacial score (nSPS) is 12.2. The Balaban J connectivity index is 2.07. The number of aliphatic hydroxyl groups is 1. The van der Waals surface area contributed by atoms with E-state index >= 15 is 0 Å². The van der Waals surface area contributed by atoms with Gasteiger partial charge in [-0.25, -0.2) is 0 Å². The Morgan fingerprint density at radius 3 is 2.61 bits per heavy atom. The molecule has 0 fully saturated rings. The van der Waals surface area contributed by atoms with Crippen LogP contribution in [0.15, 0.2) is 48.5 Å². The molecule has 2 aromatic rings. The molecule has 2 heteroatoms. The van der Waals surface area contributed by atoms with Gasteiger partial charge in [-0.1, -0.05) is 36.4 Å². The lowest BCUT2D eigenvalue weighted by atomic mass is 10.1. The van der Waals surface area contributed by atoms with E-state index in [0.717, 1.165) is 11.3 Å². The van der Waals surface area contributed by atoms with Crippen LogP contribution in [-0.2, 0) is 6.61 Å². The summed E-state index contributed by atoms with van der Waals surface area (Å²) in [4.78, 5) is 0. The van der Waals surface area contributed by atoms with E-state index in [-0.39, 0.29) is 0 Å². The highest BCUT2D eigenvalue weighted by atomic mass is 16.5. The standard InChI is InChI=1S/C16H18O2/c1-12-6-3-4-7-15(12)11-18-16-9-5-8-14(10-16)13(2)17/h3-10,13,17H,11H2,1-2H3/t13-/m1/s1. The summed E-state index contributed by atoms with van der Waals surface area (Å²) < 4.78 is 5.75. The molecule has 0 aromatic heterocycles. The number of aryl methyl sites for hydroxylation is 1. The van der Waals surface area contributed by atoms with E-state index in [9.17, 15) is 5.11 Å². The van der Waals surface area contributed by atoms with Crippen molar-refractivity contribution in [1.82, 2.24) is 0 Å². The predicted octanol–water partition coefficient (Wildman–Crippen LogP) is 3.63. The van der Waals surface area contributed by atoms with Crippen LogP contribution >= 0.6 is 0 Å². The second-order valence-electron chi connectivity index (χ2n) is 4.46. The van der Waals surface area contributed by atoms with E-state index in [1.807, 2.05) is 36.4 Å². The summed E-state index contributed by atoms with van der Waals surface area (Å²) in [6.45, 7) is 4.38. The van der Waals surface area contributed by atoms with Gasteiger partial charge in [0.25, 0.3) is 0 Å². The molecule has 2 nitrogen and oxygen atoms in total. The fourth-order valence-corrected chi connectivity index (χ4v) is 1.80. The fourth-order valence-electron chi connectivity index (χ4n) is 1.80. The van der Waals surface area contributed by atoms with E-state index < -0.39 is 6.10 Å². The third-order valence-corrected chi connectivity index (χ3v) is 3.00. The molecule has 0 unspecified atom stereocenters. The molecule has 0 saturated carbocycles. The third kappa shape index (κ3) is 3.11. The Hall–Kier alpha value is -1.80. The van der Waals surface area contributed by atoms with E-state index in [1.165, 1.54) is 11.1 Å². The van der Waals surface area contributed by atoms with Gasteiger partial charge in [0.1, 0.15) is 12.4 Å². The predicted molar refractivity (Wildman–Crippen MR) is 72.6 cm³/mol. The minimum atomic E-state index is -0.466. The lowest BCUT2D eigenvalue weighted by Gasteiger charge is -2.10. The number of benzene rings is 2. The Bertz CT molecular complexity index is 518. The Kier molecular flexibility index (Phi) is 4.00. The van der Waals surface area contributed by atoms with Crippen molar-refractivity contribution in [1.29, 1.82) is 0 Å². The zero-order chi connectivity index (χ0) is 13.0. The molecular weight excluding hydrogens is 224 g/mol. The fraction of sp³-hybridized carbons (Fsp3) is 0.250. The maximum atomic E-state index is 9.52. The van der Waals surface area contributed by atoms with Gasteiger partial charge in [0.05, 0.1) is 6.10 Å². The van der Waals surface area contributed by atoms with Gasteiger partial charge in [0, 0.05) is 0 Å². The maximum Gasteiger partial charge on any atom is 0.120 e. The van der Waals surface area contributed by atoms with Crippen LogP contribution in [0.3, 0.4) is 0 Å². The van der Waals surface area contributed by atoms with Gasteiger partial charge >= 0.3 is 0 Å². The van der Waals surface area contributed by atoms with Gasteiger partial charge in [-0.15, -0.1) is 0 Å². The maximum absolute atomic E-state index is 9.52. The van der Waals surface area contributed by atoms with Gasteiger partial charge in [-0.3, -0.25) is 0 Å². The largest absolute Gasteiger partial charge is 0.489 e. The van der Waals surface area contributed by atoms with Crippen molar-refractivity contribution in [3.05, 3.63) is 65.2 Å². The van der Waals surface area contributed by atoms with Crippen LogP contribution in [0.1, 0.15) is 29.7 Å². The zero-order valence-electron chi connectivity index (χ0n) is 10.8. The number of rotatable bonds is 4. The van der Waals surface area contributed by atoms with E-state index in [2.05, 4.69) is 19.1 Å². The van der Waals surface area contributed by atoms with E-state index in [4.69, 9.17) is 4.74 Å². The van der Waals surface area contributed by atoms with Crippen LogP contribution in [0.25, 0.3) is 0 Å². The van der Waals surface area contributed by atoms with Crippen LogP contribution in [0.4, 0.5) is 0 Å². The average Bonchev–Trinajstić information content (AvgIpc) is 2.38. The number of hydrogen-bond donors (Lipinski definition) is 1. The molecule has 2 aromatic carbocycles. The first-order valence-electron chi connectivity index (χ1n) is 6.12. The summed E-state index contributed by atoms with van der Waals surface area (Å²) in [5.41, 5.74) is 3.28. The molecule has 0 heterocycles. The molecule has 0 radical (unpaired) electrons. The van der Waals surface area contributed by atoms with Gasteiger partial charge in [0.2, 0.25) is 0 Å². The van der Waals surface area contributed by atoms with Crippen LogP contribution in [-0.4, -0.2) is 5.11 Å². The summed E-state index contributed by atoms with van der Waals surface area (Å²) in [5.74, 6) is 0.789. The first-order chi connectivity index (χ1) is 8.66. The van der Waals surface area contributed by atoms with Gasteiger partial charge in [-0.05, 0) is 42.7 Å². The highest BCUT2D eigenvalue weighted by molar-refractivity contribution is 5.31. The quantitative estimate of drug-likeness (QED) is 0.887. The molecule has 18 heavy (non-hydrogen) atoms. The molecule has 2 rings (SSSR count). The first-order valence-corrected chi connectivity index (χ1v) is 6.12. The molecule has 0 amide bonds. The summed E-state index contributed by atoms with van der Waals surface area (Å²) in [6, 6.07) is 15.7. The molecule has 0 aliphatic heterocycles. The Morgan fingerprint density at radius 2 is 1.89 bits per heavy atom. The van der Waals surface area contributed by atoms with Crippen LogP contribution in [0, 0.1) is 6.92 Å². The molecule has 1 N–H and O–H groups in total. The van der Waals surface area contributed by atoms with E-state index in [1.54, 1.807) is 6.92 Å². The Morgan fingerprint density at radius 1 is 1.11 bits per heavy atom. The van der Waals surface area contributed by atoms with Crippen LogP contribution < -0.4 is 4.74 Å². The molecule has 0 aliphatic rings. The summed E-state index contributed by atoms with van der Waals surface area (Å²) in [5, 5.41) is 9.52. The minimum Gasteiger partial charge on any atom is -0.489 e. The number of aliphatic hydroxyl groups excluding tert-OH is 1. The van der Waals surface area contributed by atoms with Crippen LogP contribution in [0.5, 0.6) is 5.75 Å². The summed E-state index contributed by atoms with van der Waals surface area (Å²) >= 11 is 0. The second-order valence-corrected chi connectivity index (χ2v) is 4.46. The average molecular weight is 242 g/mol. The smallest absolute Gasteiger partial charge is 0.120 e. The van der Waals surface area contributed by atoms with Gasteiger partial charge in [-0.2, -0.15) is 0 Å². The second kappa shape index (κ2) is 5.69. The van der Waals surface area contributed by atoms with Gasteiger partial charge in [0.15, 0.2) is 0 Å². The summed E-state index contributed by atoms with van der Waals surface area (Å²) in [6.07, 6.45) is -0.466. The van der Waals surface area contributed by atoms with Crippen molar-refractivity contribution in [3.8, 4) is 5.75 Å². The number of ether oxygens (including phenoxy) is 1. The van der Waals surface area contributed by atoms with Crippen molar-refractivity contribution in [3.63, 3.8) is 0 Å². The summed E-state index contributed by atoms with van der Waals surface area (Å²) in [7, 11) is 0. The molecular formula is C16H18O2. The highest BCUT2D eigenvalue weighted by Gasteiger charge is 2.03. The number of hydrogen-bond acceptors (Lipinski definition) is 2. The molecule has 0 aliphatic carbocycles. The Labute approximate surface area is 108 Å². The van der Waals surface area contributed by atoms with E-state index in [0.29, 0.717) is 6.61 Å². The monoisotopic (exact) mass is 242 g/mol. The lowest BCUT2D eigenvalue weighted by molar-refractivity contribution is 0.198. The molecule has 0 spiro atoms. The highest BCUT2D eigenvalue weighted by Crippen LogP contribution is 2.20. The van der Waals surface area contributed by atoms with Crippen molar-refractivity contribution in [2.45, 2.75) is 26.6 Å². The third-order valence-electron chi connectivity index (χ3n) is 3.00. The van der Waals surface area contributed by atoms with Crippen LogP contribution in [0.2, 0.25) is 0 Å². The molecule has 0 bridgehead atoms. The van der Waals surface area contributed by atoms with Crippen molar-refractivity contribution < 1.29 is 9.84 Å². The first kappa shape index (κ1) is 12.7. The minimum absolute atomic E-state index is 0.466. The molecule has 94 valence electrons. The van der Waals surface area contributed by atoms with Crippen molar-refractivity contribution in [2.75, 3.05) is 0 Å². The van der Waals surface area contributed by atoms with Gasteiger partial charge < -0.3 is 9.84 Å². The lowest BCUT2D eigenvalue weighted by Crippen LogP contribution is -1.98. The zero-order valence-corrected chi connectivity index (χ0v) is 10.8. The topological polar surface area (TPSA) is 29.5 Å². The van der Waals surface area contributed by atoms with Crippen molar-refractivity contribution in [2.24, 2.45) is 0 Å². The molecule has 0 saturated heterocycles.